The van der Waals surface area contributed by atoms with E-state index in [1.54, 1.807) is 26.1 Å². The lowest BCUT2D eigenvalue weighted by molar-refractivity contribution is -0.138. The number of amides is 2. The van der Waals surface area contributed by atoms with E-state index in [0.29, 0.717) is 26.3 Å². The molecule has 1 heterocycles. The highest BCUT2D eigenvalue weighted by molar-refractivity contribution is 9.10. The van der Waals surface area contributed by atoms with Crippen LogP contribution in [0.4, 0.5) is 20.0 Å². The maximum Gasteiger partial charge on any atom is 0.328 e. The molecule has 2 N–H and O–H groups in total. The Morgan fingerprint density at radius 2 is 2.06 bits per heavy atom. The monoisotopic (exact) mass is 529 g/mol. The number of hydrogen-bond acceptors (Lipinski definition) is 5. The van der Waals surface area contributed by atoms with E-state index >= 15 is 0 Å². The molecule has 0 unspecified atom stereocenters. The van der Waals surface area contributed by atoms with Crippen LogP contribution in [0.15, 0.2) is 27.0 Å². The van der Waals surface area contributed by atoms with E-state index in [0.717, 1.165) is 31.2 Å². The summed E-state index contributed by atoms with van der Waals surface area (Å²) in [6, 6.07) is 2.61. The third-order valence-electron chi connectivity index (χ3n) is 5.25. The SMILES string of the molecule is Cc1cc(N(CC2CCCC2)C(=O)Nc2ncc(SC(C)(C)C(=O)O)s2)c(F)cc1Br. The van der Waals surface area contributed by atoms with Crippen molar-refractivity contribution in [1.82, 2.24) is 4.98 Å². The zero-order valence-electron chi connectivity index (χ0n) is 17.6. The minimum Gasteiger partial charge on any atom is -0.480 e. The van der Waals surface area contributed by atoms with Gasteiger partial charge in [-0.3, -0.25) is 15.0 Å². The standard InChI is InChI=1S/C21H25BrFN3O3S2/c1-12-8-16(15(23)9-14(12)22)26(11-13-6-4-5-7-13)20(29)25-19-24-10-17(30-19)31-21(2,3)18(27)28/h8-10,13H,4-7,11H2,1-3H3,(H,27,28)(H,24,25,29). The molecule has 2 aromatic rings. The molecule has 0 saturated heterocycles. The first-order valence-corrected chi connectivity index (χ1v) is 12.4. The normalized spacial score (nSPS) is 14.6. The summed E-state index contributed by atoms with van der Waals surface area (Å²) in [5, 5.41) is 12.4. The van der Waals surface area contributed by atoms with Crippen LogP contribution < -0.4 is 10.2 Å². The molecule has 1 aliphatic carbocycles. The molecule has 1 fully saturated rings. The highest BCUT2D eigenvalue weighted by atomic mass is 79.9. The van der Waals surface area contributed by atoms with E-state index in [-0.39, 0.29) is 5.69 Å². The maximum atomic E-state index is 14.8. The third-order valence-corrected chi connectivity index (χ3v) is 8.30. The number of nitrogens with zero attached hydrogens (tertiary/aromatic N) is 2. The number of benzene rings is 1. The van der Waals surface area contributed by atoms with Crippen molar-refractivity contribution >= 4 is 61.8 Å². The molecule has 31 heavy (non-hydrogen) atoms. The van der Waals surface area contributed by atoms with Gasteiger partial charge in [-0.05, 0) is 57.2 Å². The van der Waals surface area contributed by atoms with Crippen molar-refractivity contribution in [3.63, 3.8) is 0 Å². The molecule has 6 nitrogen and oxygen atoms in total. The minimum absolute atomic E-state index is 0.239. The van der Waals surface area contributed by atoms with Gasteiger partial charge in [0.15, 0.2) is 5.13 Å². The molecule has 2 amide bonds. The average Bonchev–Trinajstić information content (AvgIpc) is 3.34. The van der Waals surface area contributed by atoms with Crippen molar-refractivity contribution < 1.29 is 19.1 Å². The molecular weight excluding hydrogens is 505 g/mol. The van der Waals surface area contributed by atoms with E-state index in [9.17, 15) is 19.1 Å². The number of halogens is 2. The molecule has 0 atom stereocenters. The molecular formula is C21H25BrFN3O3S2. The molecule has 0 aliphatic heterocycles. The van der Waals surface area contributed by atoms with Gasteiger partial charge in [0.05, 0.1) is 16.1 Å². The fourth-order valence-corrected chi connectivity index (χ4v) is 5.99. The molecule has 1 aromatic heterocycles. The molecule has 0 spiro atoms. The Labute approximate surface area is 197 Å². The van der Waals surface area contributed by atoms with Gasteiger partial charge < -0.3 is 5.11 Å². The van der Waals surface area contributed by atoms with Gasteiger partial charge in [-0.25, -0.2) is 14.2 Å². The first-order valence-electron chi connectivity index (χ1n) is 9.99. The average molecular weight is 530 g/mol. The summed E-state index contributed by atoms with van der Waals surface area (Å²) >= 11 is 5.70. The number of aliphatic carboxylic acids is 1. The van der Waals surface area contributed by atoms with Crippen LogP contribution in [0.2, 0.25) is 0 Å². The van der Waals surface area contributed by atoms with Crippen LogP contribution in [0, 0.1) is 18.7 Å². The first-order chi connectivity index (χ1) is 14.6. The van der Waals surface area contributed by atoms with E-state index < -0.39 is 22.6 Å². The Morgan fingerprint density at radius 3 is 2.71 bits per heavy atom. The molecule has 0 radical (unpaired) electrons. The highest BCUT2D eigenvalue weighted by Gasteiger charge is 2.30. The number of rotatable bonds is 7. The minimum atomic E-state index is -1.01. The van der Waals surface area contributed by atoms with Crippen molar-refractivity contribution in [2.45, 2.75) is 55.4 Å². The molecule has 3 rings (SSSR count). The number of anilines is 2. The van der Waals surface area contributed by atoms with Crippen LogP contribution in [-0.4, -0.2) is 33.4 Å². The number of hydrogen-bond donors (Lipinski definition) is 2. The summed E-state index contributed by atoms with van der Waals surface area (Å²) in [5.74, 6) is -1.07. The first kappa shape index (κ1) is 24.0. The fourth-order valence-electron chi connectivity index (χ4n) is 3.41. The van der Waals surface area contributed by atoms with Crippen LogP contribution >= 0.6 is 39.0 Å². The Bertz CT molecular complexity index is 977. The number of urea groups is 1. The molecule has 1 aliphatic rings. The summed E-state index contributed by atoms with van der Waals surface area (Å²) in [4.78, 5) is 30.2. The number of carboxylic acid groups (broad SMARTS) is 1. The zero-order valence-corrected chi connectivity index (χ0v) is 20.8. The zero-order chi connectivity index (χ0) is 22.8. The van der Waals surface area contributed by atoms with Gasteiger partial charge in [0.25, 0.3) is 0 Å². The van der Waals surface area contributed by atoms with Crippen LogP contribution in [0.1, 0.15) is 45.1 Å². The van der Waals surface area contributed by atoms with Gasteiger partial charge in [-0.2, -0.15) is 0 Å². The maximum absolute atomic E-state index is 14.8. The van der Waals surface area contributed by atoms with Crippen molar-refractivity contribution in [2.24, 2.45) is 5.92 Å². The van der Waals surface area contributed by atoms with Crippen LogP contribution in [-0.2, 0) is 4.79 Å². The van der Waals surface area contributed by atoms with Crippen LogP contribution in [0.25, 0.3) is 0 Å². The van der Waals surface area contributed by atoms with Crippen LogP contribution in [0.5, 0.6) is 0 Å². The predicted molar refractivity (Wildman–Crippen MR) is 127 cm³/mol. The van der Waals surface area contributed by atoms with Crippen LogP contribution in [0.3, 0.4) is 0 Å². The molecule has 1 aromatic carbocycles. The topological polar surface area (TPSA) is 82.5 Å². The summed E-state index contributed by atoms with van der Waals surface area (Å²) in [7, 11) is 0. The third kappa shape index (κ3) is 5.98. The lowest BCUT2D eigenvalue weighted by atomic mass is 10.1. The number of aryl methyl sites for hydroxylation is 1. The van der Waals surface area contributed by atoms with Crippen molar-refractivity contribution in [3.05, 3.63) is 34.2 Å². The molecule has 168 valence electrons. The summed E-state index contributed by atoms with van der Waals surface area (Å²) < 4.78 is 15.1. The van der Waals surface area contributed by atoms with Gasteiger partial charge in [0, 0.05) is 11.0 Å². The summed E-state index contributed by atoms with van der Waals surface area (Å²) in [5.41, 5.74) is 1.08. The van der Waals surface area contributed by atoms with Crippen molar-refractivity contribution in [2.75, 3.05) is 16.8 Å². The Hall–Kier alpha value is -1.65. The summed E-state index contributed by atoms with van der Waals surface area (Å²) in [6.07, 6.45) is 5.82. The number of carbonyl (C=O) groups is 2. The van der Waals surface area contributed by atoms with E-state index in [2.05, 4.69) is 26.2 Å². The van der Waals surface area contributed by atoms with Gasteiger partial charge in [0.2, 0.25) is 0 Å². The van der Waals surface area contributed by atoms with E-state index in [4.69, 9.17) is 0 Å². The fraction of sp³-hybridized carbons (Fsp3) is 0.476. The number of thiazole rings is 1. The van der Waals surface area contributed by atoms with E-state index in [1.807, 2.05) is 6.92 Å². The Morgan fingerprint density at radius 1 is 1.39 bits per heavy atom. The number of nitrogens with one attached hydrogen (secondary N) is 1. The Kier molecular flexibility index (Phi) is 7.64. The van der Waals surface area contributed by atoms with Crippen molar-refractivity contribution in [1.29, 1.82) is 0 Å². The number of carbonyl (C=O) groups excluding carboxylic acids is 1. The molecule has 0 bridgehead atoms. The molecule has 1 saturated carbocycles. The number of thioether (sulfide) groups is 1. The van der Waals surface area contributed by atoms with E-state index in [1.165, 1.54) is 34.1 Å². The second-order valence-corrected chi connectivity index (χ2v) is 12.0. The predicted octanol–water partition coefficient (Wildman–Crippen LogP) is 6.54. The largest absolute Gasteiger partial charge is 0.480 e. The van der Waals surface area contributed by atoms with Gasteiger partial charge in [-0.15, -0.1) is 0 Å². The second kappa shape index (κ2) is 9.87. The highest BCUT2D eigenvalue weighted by Crippen LogP contribution is 2.38. The van der Waals surface area contributed by atoms with Gasteiger partial charge in [0.1, 0.15) is 10.6 Å². The van der Waals surface area contributed by atoms with Crippen molar-refractivity contribution in [3.8, 4) is 0 Å². The second-order valence-electron chi connectivity index (χ2n) is 8.15. The number of carboxylic acids is 1. The molecule has 10 heteroatoms. The lowest BCUT2D eigenvalue weighted by Gasteiger charge is -2.26. The quantitative estimate of drug-likeness (QED) is 0.398. The summed E-state index contributed by atoms with van der Waals surface area (Å²) in [6.45, 7) is 5.51. The smallest absolute Gasteiger partial charge is 0.328 e. The van der Waals surface area contributed by atoms with Gasteiger partial charge in [-0.1, -0.05) is 51.9 Å². The van der Waals surface area contributed by atoms with Gasteiger partial charge >= 0.3 is 12.0 Å². The Balaban J connectivity index is 1.81. The number of aromatic nitrogens is 1. The lowest BCUT2D eigenvalue weighted by Crippen LogP contribution is -2.39.